The highest BCUT2D eigenvalue weighted by molar-refractivity contribution is 9.10. The molecule has 2 N–H and O–H groups in total. The molecule has 0 amide bonds. The van der Waals surface area contributed by atoms with E-state index in [-0.39, 0.29) is 0 Å². The lowest BCUT2D eigenvalue weighted by atomic mass is 10.0. The third-order valence-corrected chi connectivity index (χ3v) is 4.15. The summed E-state index contributed by atoms with van der Waals surface area (Å²) in [6.45, 7) is 4.38. The van der Waals surface area contributed by atoms with Gasteiger partial charge in [0.1, 0.15) is 5.75 Å². The first-order valence-electron chi connectivity index (χ1n) is 7.41. The van der Waals surface area contributed by atoms with Crippen LogP contribution in [0.5, 0.6) is 5.75 Å². The van der Waals surface area contributed by atoms with E-state index in [1.165, 1.54) is 16.8 Å². The largest absolute Gasteiger partial charge is 0.508 e. The average Bonchev–Trinajstić information content (AvgIpc) is 2.48. The van der Waals surface area contributed by atoms with Crippen LogP contribution in [0.2, 0.25) is 0 Å². The average molecular weight is 348 g/mol. The Bertz CT molecular complexity index is 580. The Morgan fingerprint density at radius 3 is 2.52 bits per heavy atom. The van der Waals surface area contributed by atoms with Crippen LogP contribution >= 0.6 is 15.9 Å². The van der Waals surface area contributed by atoms with Gasteiger partial charge in [0.05, 0.1) is 0 Å². The zero-order valence-corrected chi connectivity index (χ0v) is 14.2. The number of nitrogens with one attached hydrogen (secondary N) is 1. The highest BCUT2D eigenvalue weighted by Gasteiger charge is 2.06. The lowest BCUT2D eigenvalue weighted by Crippen LogP contribution is -2.17. The molecule has 0 bridgehead atoms. The quantitative estimate of drug-likeness (QED) is 0.757. The number of aryl methyl sites for hydroxylation is 2. The number of phenols is 1. The zero-order valence-electron chi connectivity index (χ0n) is 12.6. The molecule has 2 nitrogen and oxygen atoms in total. The molecule has 0 aliphatic carbocycles. The second-order valence-electron chi connectivity index (χ2n) is 5.41. The van der Waals surface area contributed by atoms with Crippen molar-refractivity contribution >= 4 is 21.6 Å². The predicted octanol–water partition coefficient (Wildman–Crippen LogP) is 5.15. The number of benzene rings is 2. The van der Waals surface area contributed by atoms with Crippen molar-refractivity contribution < 1.29 is 5.11 Å². The van der Waals surface area contributed by atoms with Crippen molar-refractivity contribution in [1.82, 2.24) is 0 Å². The monoisotopic (exact) mass is 347 g/mol. The van der Waals surface area contributed by atoms with E-state index in [2.05, 4.69) is 53.3 Å². The fourth-order valence-electron chi connectivity index (χ4n) is 2.38. The van der Waals surface area contributed by atoms with Crippen LogP contribution in [0.1, 0.15) is 31.4 Å². The minimum atomic E-state index is 0.326. The Hall–Kier alpha value is -1.48. The van der Waals surface area contributed by atoms with E-state index in [0.717, 1.165) is 23.7 Å². The lowest BCUT2D eigenvalue weighted by molar-refractivity contribution is 0.475. The van der Waals surface area contributed by atoms with Crippen molar-refractivity contribution in [2.45, 2.75) is 39.2 Å². The molecule has 2 rings (SSSR count). The van der Waals surface area contributed by atoms with Crippen LogP contribution in [0.4, 0.5) is 5.69 Å². The molecule has 0 saturated carbocycles. The Morgan fingerprint density at radius 2 is 1.86 bits per heavy atom. The van der Waals surface area contributed by atoms with E-state index in [1.54, 1.807) is 12.1 Å². The first kappa shape index (κ1) is 15.9. The molecule has 0 aromatic heterocycles. The molecule has 1 atom stereocenters. The van der Waals surface area contributed by atoms with Crippen LogP contribution in [0.25, 0.3) is 0 Å². The van der Waals surface area contributed by atoms with Crippen molar-refractivity contribution in [2.75, 3.05) is 5.32 Å². The predicted molar refractivity (Wildman–Crippen MR) is 93.0 cm³/mol. The maximum absolute atomic E-state index is 9.29. The fourth-order valence-corrected chi connectivity index (χ4v) is 2.79. The lowest BCUT2D eigenvalue weighted by Gasteiger charge is -2.18. The normalized spacial score (nSPS) is 12.1. The van der Waals surface area contributed by atoms with Crippen molar-refractivity contribution in [3.63, 3.8) is 0 Å². The molecule has 2 aromatic carbocycles. The summed E-state index contributed by atoms with van der Waals surface area (Å²) in [5, 5.41) is 12.9. The van der Waals surface area contributed by atoms with Gasteiger partial charge in [0.2, 0.25) is 0 Å². The molecule has 21 heavy (non-hydrogen) atoms. The number of rotatable bonds is 6. The molecule has 0 aliphatic rings. The van der Waals surface area contributed by atoms with Crippen LogP contribution in [0, 0.1) is 0 Å². The van der Waals surface area contributed by atoms with Gasteiger partial charge >= 0.3 is 0 Å². The summed E-state index contributed by atoms with van der Waals surface area (Å²) in [5.41, 5.74) is 3.81. The standard InChI is InChI=1S/C18H22BrNO/c1-3-15-12-16(19)8-11-18(15)20-13(2)4-5-14-6-9-17(21)10-7-14/h6-13,20-21H,3-5H2,1-2H3. The number of anilines is 1. The van der Waals surface area contributed by atoms with Gasteiger partial charge in [-0.25, -0.2) is 0 Å². The van der Waals surface area contributed by atoms with Crippen LogP contribution in [0.15, 0.2) is 46.9 Å². The van der Waals surface area contributed by atoms with Crippen molar-refractivity contribution in [1.29, 1.82) is 0 Å². The molecule has 0 heterocycles. The van der Waals surface area contributed by atoms with Gasteiger partial charge in [0, 0.05) is 16.2 Å². The minimum Gasteiger partial charge on any atom is -0.508 e. The van der Waals surface area contributed by atoms with Gasteiger partial charge in [-0.05, 0) is 67.6 Å². The van der Waals surface area contributed by atoms with E-state index < -0.39 is 0 Å². The van der Waals surface area contributed by atoms with Crippen molar-refractivity contribution in [2.24, 2.45) is 0 Å². The summed E-state index contributed by atoms with van der Waals surface area (Å²) in [5.74, 6) is 0.326. The Balaban J connectivity index is 1.92. The van der Waals surface area contributed by atoms with Gasteiger partial charge in [0.15, 0.2) is 0 Å². The van der Waals surface area contributed by atoms with E-state index in [1.807, 2.05) is 12.1 Å². The number of hydrogen-bond acceptors (Lipinski definition) is 2. The summed E-state index contributed by atoms with van der Waals surface area (Å²) >= 11 is 3.52. The molecule has 0 saturated heterocycles. The summed E-state index contributed by atoms with van der Waals surface area (Å²) in [6.07, 6.45) is 3.09. The molecule has 3 heteroatoms. The second kappa shape index (κ2) is 7.51. The first-order valence-corrected chi connectivity index (χ1v) is 8.20. The van der Waals surface area contributed by atoms with E-state index in [0.29, 0.717) is 11.8 Å². The number of halogens is 1. The molecule has 2 aromatic rings. The number of aromatic hydroxyl groups is 1. The molecular formula is C18H22BrNO. The number of hydrogen-bond donors (Lipinski definition) is 2. The van der Waals surface area contributed by atoms with E-state index >= 15 is 0 Å². The third-order valence-electron chi connectivity index (χ3n) is 3.65. The SMILES string of the molecule is CCc1cc(Br)ccc1NC(C)CCc1ccc(O)cc1. The number of phenolic OH excluding ortho intramolecular Hbond substituents is 1. The molecule has 112 valence electrons. The van der Waals surface area contributed by atoms with E-state index in [4.69, 9.17) is 0 Å². The molecule has 0 fully saturated rings. The first-order chi connectivity index (χ1) is 10.1. The summed E-state index contributed by atoms with van der Waals surface area (Å²) < 4.78 is 1.13. The van der Waals surface area contributed by atoms with Gasteiger partial charge in [-0.1, -0.05) is 35.0 Å². The second-order valence-corrected chi connectivity index (χ2v) is 6.32. The molecule has 0 radical (unpaired) electrons. The topological polar surface area (TPSA) is 32.3 Å². The van der Waals surface area contributed by atoms with Crippen molar-refractivity contribution in [3.8, 4) is 5.75 Å². The zero-order chi connectivity index (χ0) is 15.2. The maximum atomic E-state index is 9.29. The van der Waals surface area contributed by atoms with E-state index in [9.17, 15) is 5.11 Å². The third kappa shape index (κ3) is 4.78. The molecular weight excluding hydrogens is 326 g/mol. The minimum absolute atomic E-state index is 0.326. The van der Waals surface area contributed by atoms with Crippen LogP contribution in [-0.4, -0.2) is 11.1 Å². The van der Waals surface area contributed by atoms with Gasteiger partial charge in [-0.3, -0.25) is 0 Å². The van der Waals surface area contributed by atoms with Crippen LogP contribution in [0.3, 0.4) is 0 Å². The fraction of sp³-hybridized carbons (Fsp3) is 0.333. The Labute approximate surface area is 135 Å². The Kier molecular flexibility index (Phi) is 5.68. The van der Waals surface area contributed by atoms with Crippen LogP contribution in [-0.2, 0) is 12.8 Å². The highest BCUT2D eigenvalue weighted by atomic mass is 79.9. The summed E-state index contributed by atoms with van der Waals surface area (Å²) in [7, 11) is 0. The molecule has 0 spiro atoms. The van der Waals surface area contributed by atoms with Gasteiger partial charge in [-0.2, -0.15) is 0 Å². The summed E-state index contributed by atoms with van der Waals surface area (Å²) in [6, 6.07) is 14.3. The highest BCUT2D eigenvalue weighted by Crippen LogP contribution is 2.23. The van der Waals surface area contributed by atoms with Gasteiger partial charge in [-0.15, -0.1) is 0 Å². The van der Waals surface area contributed by atoms with Crippen LogP contribution < -0.4 is 5.32 Å². The maximum Gasteiger partial charge on any atom is 0.115 e. The molecule has 0 aliphatic heterocycles. The molecule has 1 unspecified atom stereocenters. The summed E-state index contributed by atoms with van der Waals surface area (Å²) in [4.78, 5) is 0. The van der Waals surface area contributed by atoms with Gasteiger partial charge in [0.25, 0.3) is 0 Å². The smallest absolute Gasteiger partial charge is 0.115 e. The Morgan fingerprint density at radius 1 is 1.14 bits per heavy atom. The van der Waals surface area contributed by atoms with Crippen molar-refractivity contribution in [3.05, 3.63) is 58.1 Å². The van der Waals surface area contributed by atoms with Gasteiger partial charge < -0.3 is 10.4 Å².